The van der Waals surface area contributed by atoms with Crippen molar-refractivity contribution in [1.82, 2.24) is 20.5 Å². The lowest BCUT2D eigenvalue weighted by atomic mass is 10.2. The Morgan fingerprint density at radius 2 is 1.22 bits per heavy atom. The molecule has 5 heteroatoms. The molecule has 0 bridgehead atoms. The Balaban J connectivity index is 4.22. The molecule has 1 amide bonds. The SMILES string of the molecule is C=CCN(CC=C)N(CCCCCN(CCCCC)CCCCC)NC=O. The maximum Gasteiger partial charge on any atom is 0.222 e. The van der Waals surface area contributed by atoms with Crippen LogP contribution in [0.15, 0.2) is 25.3 Å². The quantitative estimate of drug-likeness (QED) is 0.139. The maximum atomic E-state index is 10.9. The van der Waals surface area contributed by atoms with Gasteiger partial charge >= 0.3 is 0 Å². The van der Waals surface area contributed by atoms with Gasteiger partial charge in [0.05, 0.1) is 0 Å². The van der Waals surface area contributed by atoms with Crippen LogP contribution in [0.25, 0.3) is 0 Å². The molecule has 0 aliphatic heterocycles. The standard InChI is InChI=1S/C22H44N4O/c1-5-9-12-18-24(19-13-10-6-2)20-14-11-15-21-26(23-22-27)25(16-7-3)17-8-4/h7-8,22H,3-6,9-21H2,1-2H3,(H,23,27). The Hall–Kier alpha value is -1.17. The number of unbranched alkanes of at least 4 members (excludes halogenated alkanes) is 6. The third-order valence-corrected chi connectivity index (χ3v) is 4.72. The highest BCUT2D eigenvalue weighted by Crippen LogP contribution is 2.07. The first-order valence-electron chi connectivity index (χ1n) is 10.9. The first-order chi connectivity index (χ1) is 13.2. The van der Waals surface area contributed by atoms with Crippen LogP contribution in [0, 0.1) is 0 Å². The van der Waals surface area contributed by atoms with E-state index in [1.54, 1.807) is 0 Å². The van der Waals surface area contributed by atoms with Gasteiger partial charge in [0.15, 0.2) is 0 Å². The fraction of sp³-hybridized carbons (Fsp3) is 0.773. The molecule has 0 aromatic carbocycles. The summed E-state index contributed by atoms with van der Waals surface area (Å²) in [5.41, 5.74) is 2.79. The Morgan fingerprint density at radius 1 is 0.741 bits per heavy atom. The minimum absolute atomic E-state index is 0.690. The smallest absolute Gasteiger partial charge is 0.222 e. The Kier molecular flexibility index (Phi) is 18.7. The van der Waals surface area contributed by atoms with Gasteiger partial charge in [0.2, 0.25) is 6.41 Å². The van der Waals surface area contributed by atoms with Gasteiger partial charge < -0.3 is 4.90 Å². The predicted molar refractivity (Wildman–Crippen MR) is 117 cm³/mol. The molecule has 0 spiro atoms. The highest BCUT2D eigenvalue weighted by Gasteiger charge is 2.12. The van der Waals surface area contributed by atoms with Crippen molar-refractivity contribution in [2.45, 2.75) is 71.6 Å². The Bertz CT molecular complexity index is 342. The molecule has 5 nitrogen and oxygen atoms in total. The van der Waals surface area contributed by atoms with Crippen molar-refractivity contribution in [2.24, 2.45) is 0 Å². The van der Waals surface area contributed by atoms with Crippen LogP contribution in [-0.2, 0) is 4.79 Å². The van der Waals surface area contributed by atoms with Crippen molar-refractivity contribution >= 4 is 6.41 Å². The van der Waals surface area contributed by atoms with Crippen LogP contribution in [0.3, 0.4) is 0 Å². The van der Waals surface area contributed by atoms with Gasteiger partial charge in [-0.05, 0) is 45.3 Å². The predicted octanol–water partition coefficient (Wildman–Crippen LogP) is 4.39. The zero-order chi connectivity index (χ0) is 20.2. The van der Waals surface area contributed by atoms with Crippen LogP contribution >= 0.6 is 0 Å². The van der Waals surface area contributed by atoms with Crippen molar-refractivity contribution in [1.29, 1.82) is 0 Å². The molecule has 0 aliphatic carbocycles. The molecule has 0 aliphatic rings. The molecule has 158 valence electrons. The van der Waals surface area contributed by atoms with Gasteiger partial charge in [-0.1, -0.05) is 58.1 Å². The summed E-state index contributed by atoms with van der Waals surface area (Å²) in [4.78, 5) is 13.6. The van der Waals surface area contributed by atoms with Crippen LogP contribution in [0.4, 0.5) is 0 Å². The van der Waals surface area contributed by atoms with E-state index in [1.165, 1.54) is 71.0 Å². The number of amides is 1. The molecule has 0 rings (SSSR count). The number of hydrogen-bond acceptors (Lipinski definition) is 4. The van der Waals surface area contributed by atoms with Crippen LogP contribution < -0.4 is 5.43 Å². The zero-order valence-corrected chi connectivity index (χ0v) is 18.0. The van der Waals surface area contributed by atoms with E-state index in [4.69, 9.17) is 0 Å². The van der Waals surface area contributed by atoms with Crippen molar-refractivity contribution in [3.8, 4) is 0 Å². The van der Waals surface area contributed by atoms with Gasteiger partial charge in [-0.2, -0.15) is 5.12 Å². The average Bonchev–Trinajstić information content (AvgIpc) is 2.66. The first kappa shape index (κ1) is 25.8. The molecule has 27 heavy (non-hydrogen) atoms. The number of hydrogen-bond donors (Lipinski definition) is 1. The molecule has 0 aromatic rings. The molecular formula is C22H44N4O. The Morgan fingerprint density at radius 3 is 1.67 bits per heavy atom. The van der Waals surface area contributed by atoms with Gasteiger partial charge in [-0.25, -0.2) is 5.01 Å². The summed E-state index contributed by atoms with van der Waals surface area (Å²) >= 11 is 0. The van der Waals surface area contributed by atoms with E-state index in [9.17, 15) is 4.79 Å². The normalized spacial score (nSPS) is 11.3. The lowest BCUT2D eigenvalue weighted by Crippen LogP contribution is -2.51. The number of carbonyl (C=O) groups excluding carboxylic acids is 1. The lowest BCUT2D eigenvalue weighted by Gasteiger charge is -2.32. The van der Waals surface area contributed by atoms with E-state index < -0.39 is 0 Å². The van der Waals surface area contributed by atoms with E-state index >= 15 is 0 Å². The van der Waals surface area contributed by atoms with E-state index in [2.05, 4.69) is 37.3 Å². The average molecular weight is 381 g/mol. The second-order valence-electron chi connectivity index (χ2n) is 7.14. The summed E-state index contributed by atoms with van der Waals surface area (Å²) in [7, 11) is 0. The molecule has 0 unspecified atom stereocenters. The Labute approximate surface area is 168 Å². The van der Waals surface area contributed by atoms with Crippen LogP contribution in [0.1, 0.15) is 71.6 Å². The second kappa shape index (κ2) is 19.6. The first-order valence-corrected chi connectivity index (χ1v) is 10.9. The van der Waals surface area contributed by atoms with Gasteiger partial charge in [0.1, 0.15) is 0 Å². The molecular weight excluding hydrogens is 336 g/mol. The summed E-state index contributed by atoms with van der Waals surface area (Å²) < 4.78 is 0. The van der Waals surface area contributed by atoms with Gasteiger partial charge in [-0.3, -0.25) is 10.2 Å². The summed E-state index contributed by atoms with van der Waals surface area (Å²) in [6.45, 7) is 18.0. The van der Waals surface area contributed by atoms with E-state index in [-0.39, 0.29) is 0 Å². The monoisotopic (exact) mass is 380 g/mol. The fourth-order valence-electron chi connectivity index (χ4n) is 3.20. The largest absolute Gasteiger partial charge is 0.303 e. The number of hydrazine groups is 2. The molecule has 0 radical (unpaired) electrons. The van der Waals surface area contributed by atoms with E-state index in [0.717, 1.165) is 19.4 Å². The van der Waals surface area contributed by atoms with Crippen LogP contribution in [0.5, 0.6) is 0 Å². The molecule has 0 atom stereocenters. The van der Waals surface area contributed by atoms with E-state index in [1.807, 2.05) is 22.3 Å². The number of nitrogens with zero attached hydrogens (tertiary/aromatic N) is 3. The minimum Gasteiger partial charge on any atom is -0.303 e. The van der Waals surface area contributed by atoms with Gasteiger partial charge in [0, 0.05) is 19.6 Å². The topological polar surface area (TPSA) is 38.8 Å². The third-order valence-electron chi connectivity index (χ3n) is 4.72. The van der Waals surface area contributed by atoms with Crippen molar-refractivity contribution in [3.63, 3.8) is 0 Å². The van der Waals surface area contributed by atoms with Crippen molar-refractivity contribution in [2.75, 3.05) is 39.3 Å². The number of nitrogens with one attached hydrogen (secondary N) is 1. The number of carbonyl (C=O) groups is 1. The molecule has 1 N–H and O–H groups in total. The second-order valence-corrected chi connectivity index (χ2v) is 7.14. The molecule has 0 saturated carbocycles. The van der Waals surface area contributed by atoms with Gasteiger partial charge in [-0.15, -0.1) is 13.2 Å². The lowest BCUT2D eigenvalue weighted by molar-refractivity contribution is -0.124. The van der Waals surface area contributed by atoms with Gasteiger partial charge in [0.25, 0.3) is 0 Å². The third kappa shape index (κ3) is 14.5. The molecule has 0 saturated heterocycles. The van der Waals surface area contributed by atoms with E-state index in [0.29, 0.717) is 13.1 Å². The summed E-state index contributed by atoms with van der Waals surface area (Å²) in [6.07, 6.45) is 15.7. The van der Waals surface area contributed by atoms with Crippen LogP contribution in [0.2, 0.25) is 0 Å². The number of rotatable bonds is 21. The molecule has 0 heterocycles. The van der Waals surface area contributed by atoms with Crippen molar-refractivity contribution < 1.29 is 4.79 Å². The zero-order valence-electron chi connectivity index (χ0n) is 18.0. The summed E-state index contributed by atoms with van der Waals surface area (Å²) in [5.74, 6) is 0. The highest BCUT2D eigenvalue weighted by atomic mass is 16.1. The van der Waals surface area contributed by atoms with Crippen molar-refractivity contribution in [3.05, 3.63) is 25.3 Å². The maximum absolute atomic E-state index is 10.9. The van der Waals surface area contributed by atoms with Crippen LogP contribution in [-0.4, -0.2) is 60.7 Å². The summed E-state index contributed by atoms with van der Waals surface area (Å²) in [6, 6.07) is 0. The molecule has 0 fully saturated rings. The minimum atomic E-state index is 0.690. The highest BCUT2D eigenvalue weighted by molar-refractivity contribution is 5.44. The summed E-state index contributed by atoms with van der Waals surface area (Å²) in [5, 5.41) is 3.92. The fourth-order valence-corrected chi connectivity index (χ4v) is 3.20. The molecule has 0 aromatic heterocycles.